The van der Waals surface area contributed by atoms with E-state index < -0.39 is 11.9 Å². The molecular formula is C18H18F3N3O. The monoisotopic (exact) mass is 349 g/mol. The van der Waals surface area contributed by atoms with E-state index in [4.69, 9.17) is 0 Å². The molecule has 1 heterocycles. The summed E-state index contributed by atoms with van der Waals surface area (Å²) in [5, 5.41) is 6.32. The van der Waals surface area contributed by atoms with Gasteiger partial charge in [-0.3, -0.25) is 9.48 Å². The molecule has 0 spiro atoms. The van der Waals surface area contributed by atoms with Gasteiger partial charge in [-0.15, -0.1) is 0 Å². The van der Waals surface area contributed by atoms with Crippen LogP contribution in [0.4, 0.5) is 13.2 Å². The van der Waals surface area contributed by atoms with E-state index in [0.29, 0.717) is 5.69 Å². The summed E-state index contributed by atoms with van der Waals surface area (Å²) in [6, 6.07) is 10.7. The second-order valence-electron chi connectivity index (χ2n) is 6.08. The fraction of sp³-hybridized carbons (Fsp3) is 0.333. The van der Waals surface area contributed by atoms with Crippen LogP contribution in [0.25, 0.3) is 5.57 Å². The summed E-state index contributed by atoms with van der Waals surface area (Å²) in [5.74, 6) is -0.371. The standard InChI is InChI=1S/C18H18F3N3O/c1-11-10-14(18(19,20)21)23-24(11)9-8-22-17(25)16-12(2)15(16)13-6-4-3-5-7-13/h3-7,10,16H,8-9H2,1-2H3,(H,22,25). The molecular weight excluding hydrogens is 331 g/mol. The smallest absolute Gasteiger partial charge is 0.353 e. The number of nitrogens with one attached hydrogen (secondary N) is 1. The number of aryl methyl sites for hydroxylation is 1. The molecule has 1 amide bonds. The van der Waals surface area contributed by atoms with Gasteiger partial charge < -0.3 is 5.32 Å². The van der Waals surface area contributed by atoms with Crippen molar-refractivity contribution in [2.45, 2.75) is 26.6 Å². The molecule has 4 nitrogen and oxygen atoms in total. The number of alkyl halides is 3. The Morgan fingerprint density at radius 2 is 1.92 bits per heavy atom. The first-order valence-corrected chi connectivity index (χ1v) is 7.94. The Kier molecular flexibility index (Phi) is 4.41. The lowest BCUT2D eigenvalue weighted by atomic mass is 10.1. The molecule has 0 fully saturated rings. The Morgan fingerprint density at radius 1 is 1.24 bits per heavy atom. The van der Waals surface area contributed by atoms with E-state index in [9.17, 15) is 18.0 Å². The van der Waals surface area contributed by atoms with Crippen LogP contribution in [0.1, 0.15) is 23.9 Å². The highest BCUT2D eigenvalue weighted by atomic mass is 19.4. The summed E-state index contributed by atoms with van der Waals surface area (Å²) >= 11 is 0. The third-order valence-electron chi connectivity index (χ3n) is 4.30. The highest BCUT2D eigenvalue weighted by molar-refractivity contribution is 6.05. The van der Waals surface area contributed by atoms with Gasteiger partial charge in [0, 0.05) is 12.2 Å². The van der Waals surface area contributed by atoms with Crippen LogP contribution < -0.4 is 5.32 Å². The maximum atomic E-state index is 12.6. The number of halogens is 3. The zero-order valence-corrected chi connectivity index (χ0v) is 13.9. The first-order valence-electron chi connectivity index (χ1n) is 7.94. The second-order valence-corrected chi connectivity index (χ2v) is 6.08. The van der Waals surface area contributed by atoms with Crippen LogP contribution in [-0.4, -0.2) is 22.2 Å². The fourth-order valence-corrected chi connectivity index (χ4v) is 2.93. The third-order valence-corrected chi connectivity index (χ3v) is 4.30. The van der Waals surface area contributed by atoms with Crippen LogP contribution in [0.15, 0.2) is 42.0 Å². The Labute approximate surface area is 143 Å². The number of hydrogen-bond donors (Lipinski definition) is 1. The van der Waals surface area contributed by atoms with Gasteiger partial charge in [-0.2, -0.15) is 18.3 Å². The lowest BCUT2D eigenvalue weighted by molar-refractivity contribution is -0.141. The van der Waals surface area contributed by atoms with Gasteiger partial charge in [0.05, 0.1) is 12.5 Å². The van der Waals surface area contributed by atoms with Crippen molar-refractivity contribution in [3.63, 3.8) is 0 Å². The van der Waals surface area contributed by atoms with Crippen molar-refractivity contribution in [2.75, 3.05) is 6.54 Å². The first-order chi connectivity index (χ1) is 11.8. The lowest BCUT2D eigenvalue weighted by Crippen LogP contribution is -2.30. The maximum Gasteiger partial charge on any atom is 0.435 e. The summed E-state index contributed by atoms with van der Waals surface area (Å²) in [7, 11) is 0. The normalized spacial score (nSPS) is 16.9. The summed E-state index contributed by atoms with van der Waals surface area (Å²) < 4.78 is 39.2. The van der Waals surface area contributed by atoms with Crippen molar-refractivity contribution in [3.05, 3.63) is 58.9 Å². The summed E-state index contributed by atoms with van der Waals surface area (Å²) in [6.07, 6.45) is -4.46. The minimum absolute atomic E-state index is 0.128. The molecule has 1 N–H and O–H groups in total. The van der Waals surface area contributed by atoms with Crippen LogP contribution >= 0.6 is 0 Å². The summed E-state index contributed by atoms with van der Waals surface area (Å²) in [6.45, 7) is 3.90. The Bertz CT molecular complexity index is 822. The van der Waals surface area contributed by atoms with Crippen molar-refractivity contribution in [1.82, 2.24) is 15.1 Å². The number of nitrogens with zero attached hydrogens (tertiary/aromatic N) is 2. The molecule has 0 aliphatic heterocycles. The molecule has 0 saturated heterocycles. The van der Waals surface area contributed by atoms with Gasteiger partial charge in [-0.1, -0.05) is 35.9 Å². The van der Waals surface area contributed by atoms with Crippen LogP contribution in [0.3, 0.4) is 0 Å². The zero-order chi connectivity index (χ0) is 18.2. The predicted octanol–water partition coefficient (Wildman–Crippen LogP) is 3.43. The molecule has 1 aromatic carbocycles. The minimum Gasteiger partial charge on any atom is -0.353 e. The molecule has 0 radical (unpaired) electrons. The van der Waals surface area contributed by atoms with Crippen molar-refractivity contribution in [3.8, 4) is 0 Å². The first kappa shape index (κ1) is 17.3. The molecule has 25 heavy (non-hydrogen) atoms. The minimum atomic E-state index is -4.46. The van der Waals surface area contributed by atoms with Crippen LogP contribution in [-0.2, 0) is 17.5 Å². The second kappa shape index (κ2) is 6.38. The van der Waals surface area contributed by atoms with E-state index in [2.05, 4.69) is 10.4 Å². The lowest BCUT2D eigenvalue weighted by Gasteiger charge is -2.08. The molecule has 2 aromatic rings. The quantitative estimate of drug-likeness (QED) is 0.899. The third kappa shape index (κ3) is 3.60. The average molecular weight is 349 g/mol. The number of benzene rings is 1. The molecule has 1 atom stereocenters. The molecule has 1 aliphatic carbocycles. The summed E-state index contributed by atoms with van der Waals surface area (Å²) in [5.41, 5.74) is 2.57. The van der Waals surface area contributed by atoms with Gasteiger partial charge in [0.2, 0.25) is 5.91 Å². The van der Waals surface area contributed by atoms with E-state index >= 15 is 0 Å². The van der Waals surface area contributed by atoms with Gasteiger partial charge in [-0.25, -0.2) is 0 Å². The Balaban J connectivity index is 1.54. The van der Waals surface area contributed by atoms with Gasteiger partial charge in [-0.05, 0) is 31.1 Å². The van der Waals surface area contributed by atoms with Crippen molar-refractivity contribution in [1.29, 1.82) is 0 Å². The molecule has 1 aliphatic rings. The largest absolute Gasteiger partial charge is 0.435 e. The highest BCUT2D eigenvalue weighted by Crippen LogP contribution is 2.46. The molecule has 0 saturated carbocycles. The number of hydrogen-bond acceptors (Lipinski definition) is 2. The van der Waals surface area contributed by atoms with Crippen LogP contribution in [0, 0.1) is 12.8 Å². The van der Waals surface area contributed by atoms with E-state index in [1.54, 1.807) is 6.92 Å². The molecule has 3 rings (SSSR count). The van der Waals surface area contributed by atoms with Gasteiger partial charge >= 0.3 is 6.18 Å². The number of rotatable bonds is 5. The maximum absolute atomic E-state index is 12.6. The molecule has 1 unspecified atom stereocenters. The number of carbonyl (C=O) groups is 1. The number of carbonyl (C=O) groups excluding carboxylic acids is 1. The van der Waals surface area contributed by atoms with Crippen molar-refractivity contribution >= 4 is 11.5 Å². The van der Waals surface area contributed by atoms with Gasteiger partial charge in [0.25, 0.3) is 0 Å². The molecule has 0 bridgehead atoms. The predicted molar refractivity (Wildman–Crippen MR) is 87.5 cm³/mol. The van der Waals surface area contributed by atoms with Gasteiger partial charge in [0.15, 0.2) is 5.69 Å². The van der Waals surface area contributed by atoms with E-state index in [1.165, 1.54) is 4.68 Å². The van der Waals surface area contributed by atoms with Crippen molar-refractivity contribution < 1.29 is 18.0 Å². The topological polar surface area (TPSA) is 46.9 Å². The Hall–Kier alpha value is -2.57. The Morgan fingerprint density at radius 3 is 2.52 bits per heavy atom. The van der Waals surface area contributed by atoms with Gasteiger partial charge in [0.1, 0.15) is 0 Å². The molecule has 7 heteroatoms. The van der Waals surface area contributed by atoms with E-state index in [-0.39, 0.29) is 24.9 Å². The van der Waals surface area contributed by atoms with Crippen molar-refractivity contribution in [2.24, 2.45) is 5.92 Å². The summed E-state index contributed by atoms with van der Waals surface area (Å²) in [4.78, 5) is 12.3. The molecule has 1 aromatic heterocycles. The number of amides is 1. The molecule has 132 valence electrons. The highest BCUT2D eigenvalue weighted by Gasteiger charge is 2.39. The van der Waals surface area contributed by atoms with Crippen LogP contribution in [0.5, 0.6) is 0 Å². The zero-order valence-electron chi connectivity index (χ0n) is 13.9. The average Bonchev–Trinajstić information content (AvgIpc) is 3.08. The van der Waals surface area contributed by atoms with Crippen LogP contribution in [0.2, 0.25) is 0 Å². The SMILES string of the molecule is CC1=C(c2ccccc2)C1C(=O)NCCn1nc(C(F)(F)F)cc1C. The number of aromatic nitrogens is 2. The van der Waals surface area contributed by atoms with E-state index in [0.717, 1.165) is 22.8 Å². The fourth-order valence-electron chi connectivity index (χ4n) is 2.93. The van der Waals surface area contributed by atoms with E-state index in [1.807, 2.05) is 37.3 Å².